The highest BCUT2D eigenvalue weighted by atomic mass is 127. The Bertz CT molecular complexity index is 592. The Kier molecular flexibility index (Phi) is 6.41. The van der Waals surface area contributed by atoms with Crippen molar-refractivity contribution in [3.05, 3.63) is 57.4 Å². The first-order valence-corrected chi connectivity index (χ1v) is 7.69. The fourth-order valence-corrected chi connectivity index (χ4v) is 2.33. The third kappa shape index (κ3) is 4.94. The van der Waals surface area contributed by atoms with Crippen LogP contribution in [0.15, 0.2) is 42.5 Å². The van der Waals surface area contributed by atoms with Crippen LogP contribution in [-0.4, -0.2) is 20.3 Å². The smallest absolute Gasteiger partial charge is 0.140 e. The fraction of sp³-hybridized carbons (Fsp3) is 0.250. The quantitative estimate of drug-likeness (QED) is 0.563. The van der Waals surface area contributed by atoms with E-state index in [1.54, 1.807) is 13.2 Å². The van der Waals surface area contributed by atoms with Crippen LogP contribution in [0.2, 0.25) is 0 Å². The highest BCUT2D eigenvalue weighted by Crippen LogP contribution is 2.29. The van der Waals surface area contributed by atoms with Crippen LogP contribution < -0.4 is 10.1 Å². The lowest BCUT2D eigenvalue weighted by Gasteiger charge is -2.13. The zero-order valence-electron chi connectivity index (χ0n) is 11.7. The summed E-state index contributed by atoms with van der Waals surface area (Å²) in [6.45, 7) is 1.84. The predicted octanol–water partition coefficient (Wildman–Crippen LogP) is 3.96. The fourth-order valence-electron chi connectivity index (χ4n) is 1.83. The number of nitrogens with one attached hydrogen (secondary N) is 1. The highest BCUT2D eigenvalue weighted by molar-refractivity contribution is 14.1. The van der Waals surface area contributed by atoms with E-state index in [0.717, 1.165) is 14.9 Å². The molecule has 1 N–H and O–H groups in total. The second-order valence-electron chi connectivity index (χ2n) is 4.45. The van der Waals surface area contributed by atoms with Gasteiger partial charge in [-0.25, -0.2) is 4.39 Å². The van der Waals surface area contributed by atoms with Crippen LogP contribution in [0.4, 0.5) is 4.39 Å². The molecule has 0 spiro atoms. The monoisotopic (exact) mass is 401 g/mol. The van der Waals surface area contributed by atoms with Crippen molar-refractivity contribution in [2.24, 2.45) is 0 Å². The van der Waals surface area contributed by atoms with E-state index < -0.39 is 0 Å². The SMILES string of the molecule is COCCNCc1cc(F)ccc1Oc1ccccc1I. The summed E-state index contributed by atoms with van der Waals surface area (Å²) >= 11 is 2.21. The van der Waals surface area contributed by atoms with Gasteiger partial charge in [-0.15, -0.1) is 0 Å². The summed E-state index contributed by atoms with van der Waals surface area (Å²) in [5, 5.41) is 3.20. The third-order valence-electron chi connectivity index (χ3n) is 2.88. The first kappa shape index (κ1) is 16.2. The Hall–Kier alpha value is -1.18. The normalized spacial score (nSPS) is 10.6. The number of ether oxygens (including phenoxy) is 2. The largest absolute Gasteiger partial charge is 0.456 e. The summed E-state index contributed by atoms with van der Waals surface area (Å²) in [4.78, 5) is 0. The molecular weight excluding hydrogens is 384 g/mol. The number of hydrogen-bond donors (Lipinski definition) is 1. The lowest BCUT2D eigenvalue weighted by Crippen LogP contribution is -2.19. The lowest BCUT2D eigenvalue weighted by molar-refractivity contribution is 0.199. The van der Waals surface area contributed by atoms with Crippen molar-refractivity contribution in [2.45, 2.75) is 6.54 Å². The topological polar surface area (TPSA) is 30.5 Å². The summed E-state index contributed by atoms with van der Waals surface area (Å²) in [5.74, 6) is 1.15. The number of benzene rings is 2. The van der Waals surface area contributed by atoms with Gasteiger partial charge >= 0.3 is 0 Å². The van der Waals surface area contributed by atoms with Gasteiger partial charge in [-0.1, -0.05) is 12.1 Å². The summed E-state index contributed by atoms with van der Waals surface area (Å²) < 4.78 is 25.3. The second-order valence-corrected chi connectivity index (χ2v) is 5.62. The number of hydrogen-bond acceptors (Lipinski definition) is 3. The minimum absolute atomic E-state index is 0.270. The zero-order chi connectivity index (χ0) is 15.1. The van der Waals surface area contributed by atoms with E-state index in [1.807, 2.05) is 24.3 Å². The van der Waals surface area contributed by atoms with Crippen molar-refractivity contribution in [3.8, 4) is 11.5 Å². The molecule has 0 atom stereocenters. The van der Waals surface area contributed by atoms with Gasteiger partial charge < -0.3 is 14.8 Å². The molecule has 21 heavy (non-hydrogen) atoms. The van der Waals surface area contributed by atoms with E-state index in [2.05, 4.69) is 27.9 Å². The maximum Gasteiger partial charge on any atom is 0.140 e. The van der Waals surface area contributed by atoms with Gasteiger partial charge in [0.2, 0.25) is 0 Å². The molecular formula is C16H17FINO2. The minimum atomic E-state index is -0.270. The summed E-state index contributed by atoms with van der Waals surface area (Å²) in [7, 11) is 1.65. The molecule has 0 bridgehead atoms. The maximum absolute atomic E-state index is 13.4. The summed E-state index contributed by atoms with van der Waals surface area (Å²) in [6, 6.07) is 12.3. The molecule has 3 nitrogen and oxygen atoms in total. The first-order valence-electron chi connectivity index (χ1n) is 6.61. The molecule has 0 heterocycles. The Morgan fingerprint density at radius 3 is 2.71 bits per heavy atom. The van der Waals surface area contributed by atoms with Gasteiger partial charge in [0.05, 0.1) is 10.2 Å². The molecule has 0 amide bonds. The molecule has 0 aliphatic heterocycles. The van der Waals surface area contributed by atoms with Crippen LogP contribution in [0.5, 0.6) is 11.5 Å². The molecule has 2 aromatic rings. The van der Waals surface area contributed by atoms with Crippen molar-refractivity contribution in [1.29, 1.82) is 0 Å². The van der Waals surface area contributed by atoms with Crippen LogP contribution in [0.25, 0.3) is 0 Å². The van der Waals surface area contributed by atoms with Gasteiger partial charge in [-0.05, 0) is 52.9 Å². The van der Waals surface area contributed by atoms with Gasteiger partial charge in [0.15, 0.2) is 0 Å². The van der Waals surface area contributed by atoms with Crippen molar-refractivity contribution >= 4 is 22.6 Å². The Balaban J connectivity index is 2.13. The van der Waals surface area contributed by atoms with Gasteiger partial charge in [0.25, 0.3) is 0 Å². The molecule has 0 aliphatic carbocycles. The first-order chi connectivity index (χ1) is 10.2. The summed E-state index contributed by atoms with van der Waals surface area (Å²) in [6.07, 6.45) is 0. The standard InChI is InChI=1S/C16H17FINO2/c1-20-9-8-19-11-12-10-13(17)6-7-15(12)21-16-5-3-2-4-14(16)18/h2-7,10,19H,8-9,11H2,1H3. The molecule has 2 aromatic carbocycles. The van der Waals surface area contributed by atoms with Crippen LogP contribution in [0.1, 0.15) is 5.56 Å². The molecule has 0 fully saturated rings. The van der Waals surface area contributed by atoms with Crippen LogP contribution in [0, 0.1) is 9.39 Å². The molecule has 0 aliphatic rings. The Labute approximate surface area is 137 Å². The number of rotatable bonds is 7. The van der Waals surface area contributed by atoms with E-state index in [-0.39, 0.29) is 5.82 Å². The van der Waals surface area contributed by atoms with Gasteiger partial charge in [-0.2, -0.15) is 0 Å². The third-order valence-corrected chi connectivity index (χ3v) is 3.77. The average Bonchev–Trinajstić information content (AvgIpc) is 2.48. The predicted molar refractivity (Wildman–Crippen MR) is 89.2 cm³/mol. The minimum Gasteiger partial charge on any atom is -0.456 e. The van der Waals surface area contributed by atoms with Crippen molar-refractivity contribution < 1.29 is 13.9 Å². The van der Waals surface area contributed by atoms with Crippen molar-refractivity contribution in [3.63, 3.8) is 0 Å². The molecule has 0 radical (unpaired) electrons. The number of methoxy groups -OCH3 is 1. The molecule has 0 saturated carbocycles. The van der Waals surface area contributed by atoms with Crippen LogP contribution in [0.3, 0.4) is 0 Å². The molecule has 112 valence electrons. The van der Waals surface area contributed by atoms with Gasteiger partial charge in [0.1, 0.15) is 17.3 Å². The molecule has 0 saturated heterocycles. The van der Waals surface area contributed by atoms with E-state index in [9.17, 15) is 4.39 Å². The zero-order valence-corrected chi connectivity index (χ0v) is 13.9. The van der Waals surface area contributed by atoms with Gasteiger partial charge in [0, 0.05) is 25.8 Å². The van der Waals surface area contributed by atoms with E-state index in [4.69, 9.17) is 9.47 Å². The van der Waals surface area contributed by atoms with Gasteiger partial charge in [-0.3, -0.25) is 0 Å². The average molecular weight is 401 g/mol. The van der Waals surface area contributed by atoms with Crippen molar-refractivity contribution in [2.75, 3.05) is 20.3 Å². The Morgan fingerprint density at radius 1 is 1.14 bits per heavy atom. The van der Waals surface area contributed by atoms with Crippen molar-refractivity contribution in [1.82, 2.24) is 5.32 Å². The second kappa shape index (κ2) is 8.31. The molecule has 5 heteroatoms. The molecule has 0 aromatic heterocycles. The number of para-hydroxylation sites is 1. The summed E-state index contributed by atoms with van der Waals surface area (Å²) in [5.41, 5.74) is 0.783. The van der Waals surface area contributed by atoms with Crippen LogP contribution >= 0.6 is 22.6 Å². The van der Waals surface area contributed by atoms with E-state index in [0.29, 0.717) is 25.4 Å². The Morgan fingerprint density at radius 2 is 1.95 bits per heavy atom. The maximum atomic E-state index is 13.4. The number of halogens is 2. The van der Waals surface area contributed by atoms with E-state index >= 15 is 0 Å². The molecule has 0 unspecified atom stereocenters. The molecule has 2 rings (SSSR count). The lowest BCUT2D eigenvalue weighted by atomic mass is 10.2. The van der Waals surface area contributed by atoms with Crippen LogP contribution in [-0.2, 0) is 11.3 Å². The highest BCUT2D eigenvalue weighted by Gasteiger charge is 2.08. The van der Waals surface area contributed by atoms with E-state index in [1.165, 1.54) is 12.1 Å².